The maximum Gasteiger partial charge on any atom is 0.123 e. The number of benzene rings is 1. The van der Waals surface area contributed by atoms with Crippen LogP contribution < -0.4 is 4.74 Å². The number of methoxy groups -OCH3 is 1. The first-order valence-corrected chi connectivity index (χ1v) is 9.19. The first-order valence-electron chi connectivity index (χ1n) is 7.93. The van der Waals surface area contributed by atoms with E-state index in [1.165, 1.54) is 4.88 Å². The molecule has 1 aliphatic heterocycles. The molecule has 0 saturated carbocycles. The summed E-state index contributed by atoms with van der Waals surface area (Å²) in [6.07, 6.45) is 2.64. The van der Waals surface area contributed by atoms with Crippen LogP contribution in [0, 0.1) is 0 Å². The Morgan fingerprint density at radius 1 is 1.35 bits per heavy atom. The Kier molecular flexibility index (Phi) is 5.95. The van der Waals surface area contributed by atoms with Crippen LogP contribution in [-0.4, -0.2) is 31.3 Å². The molecule has 0 spiro atoms. The van der Waals surface area contributed by atoms with E-state index in [-0.39, 0.29) is 0 Å². The monoisotopic (exact) mass is 351 g/mol. The number of hydrogen-bond donors (Lipinski definition) is 0. The molecule has 1 saturated heterocycles. The van der Waals surface area contributed by atoms with E-state index in [4.69, 9.17) is 21.1 Å². The van der Waals surface area contributed by atoms with E-state index >= 15 is 0 Å². The molecular weight excluding hydrogens is 330 g/mol. The summed E-state index contributed by atoms with van der Waals surface area (Å²) in [5.74, 6) is 0.887. The molecule has 23 heavy (non-hydrogen) atoms. The highest BCUT2D eigenvalue weighted by Crippen LogP contribution is 2.26. The summed E-state index contributed by atoms with van der Waals surface area (Å²) in [4.78, 5) is 3.79. The molecule has 0 radical (unpaired) electrons. The summed E-state index contributed by atoms with van der Waals surface area (Å²) in [6, 6.07) is 10.1. The zero-order chi connectivity index (χ0) is 16.1. The van der Waals surface area contributed by atoms with Crippen molar-refractivity contribution < 1.29 is 9.47 Å². The van der Waals surface area contributed by atoms with E-state index in [2.05, 4.69) is 22.4 Å². The Bertz CT molecular complexity index is 611. The first kappa shape index (κ1) is 16.8. The normalized spacial score (nSPS) is 17.8. The van der Waals surface area contributed by atoms with E-state index in [9.17, 15) is 0 Å². The summed E-state index contributed by atoms with van der Waals surface area (Å²) in [6.45, 7) is 3.56. The van der Waals surface area contributed by atoms with Crippen molar-refractivity contribution in [2.45, 2.75) is 32.0 Å². The molecule has 0 bridgehead atoms. The molecule has 3 nitrogen and oxygen atoms in total. The van der Waals surface area contributed by atoms with Gasteiger partial charge in [-0.2, -0.15) is 0 Å². The van der Waals surface area contributed by atoms with Crippen LogP contribution in [0.25, 0.3) is 0 Å². The molecule has 0 amide bonds. The Balaban J connectivity index is 1.75. The summed E-state index contributed by atoms with van der Waals surface area (Å²) < 4.78 is 11.3. The first-order chi connectivity index (χ1) is 11.2. The third-order valence-electron chi connectivity index (χ3n) is 4.08. The fraction of sp³-hybridized carbons (Fsp3) is 0.444. The molecule has 2 aromatic rings. The van der Waals surface area contributed by atoms with Crippen LogP contribution in [0.3, 0.4) is 0 Å². The zero-order valence-corrected chi connectivity index (χ0v) is 14.9. The van der Waals surface area contributed by atoms with Crippen molar-refractivity contribution in [2.75, 3.05) is 20.3 Å². The lowest BCUT2D eigenvalue weighted by molar-refractivity contribution is 0.0680. The van der Waals surface area contributed by atoms with Gasteiger partial charge in [0.05, 0.1) is 13.2 Å². The second-order valence-electron chi connectivity index (χ2n) is 5.84. The molecule has 1 atom stereocenters. The molecule has 1 unspecified atom stereocenters. The molecule has 1 fully saturated rings. The van der Waals surface area contributed by atoms with Crippen molar-refractivity contribution in [1.29, 1.82) is 0 Å². The number of rotatable bonds is 7. The van der Waals surface area contributed by atoms with E-state index in [1.807, 2.05) is 18.2 Å². The second-order valence-corrected chi connectivity index (χ2v) is 7.31. The third-order valence-corrected chi connectivity index (χ3v) is 5.18. The minimum absolute atomic E-state index is 0.333. The van der Waals surface area contributed by atoms with Crippen LogP contribution in [0.1, 0.15) is 23.3 Å². The predicted molar refractivity (Wildman–Crippen MR) is 95.4 cm³/mol. The van der Waals surface area contributed by atoms with Gasteiger partial charge in [0, 0.05) is 41.7 Å². The highest BCUT2D eigenvalue weighted by molar-refractivity contribution is 7.09. The quantitative estimate of drug-likeness (QED) is 0.728. The average Bonchev–Trinajstić information content (AvgIpc) is 3.21. The van der Waals surface area contributed by atoms with Crippen LogP contribution in [-0.2, 0) is 17.8 Å². The molecule has 0 N–H and O–H groups in total. The minimum Gasteiger partial charge on any atom is -0.496 e. The molecule has 1 aliphatic rings. The van der Waals surface area contributed by atoms with Gasteiger partial charge in [-0.15, -0.1) is 11.3 Å². The van der Waals surface area contributed by atoms with Crippen LogP contribution in [0.15, 0.2) is 35.7 Å². The molecule has 124 valence electrons. The van der Waals surface area contributed by atoms with E-state index in [1.54, 1.807) is 18.4 Å². The fourth-order valence-electron chi connectivity index (χ4n) is 3.00. The standard InChI is InChI=1S/C18H22ClNO2S/c1-21-18-7-6-15(19)10-14(18)11-20(12-16-4-2-8-22-16)13-17-5-3-9-23-17/h3,5-7,9-10,16H,2,4,8,11-13H2,1H3. The van der Waals surface area contributed by atoms with Gasteiger partial charge in [0.1, 0.15) is 5.75 Å². The van der Waals surface area contributed by atoms with E-state index in [0.29, 0.717) is 6.10 Å². The van der Waals surface area contributed by atoms with Gasteiger partial charge in [-0.05, 0) is 42.5 Å². The molecule has 3 rings (SSSR count). The van der Waals surface area contributed by atoms with E-state index in [0.717, 1.165) is 55.4 Å². The van der Waals surface area contributed by atoms with Crippen molar-refractivity contribution in [3.8, 4) is 5.75 Å². The Labute approximate surface area is 146 Å². The van der Waals surface area contributed by atoms with Crippen molar-refractivity contribution >= 4 is 22.9 Å². The Morgan fingerprint density at radius 2 is 2.26 bits per heavy atom. The van der Waals surface area contributed by atoms with Gasteiger partial charge in [-0.3, -0.25) is 4.90 Å². The smallest absolute Gasteiger partial charge is 0.123 e. The summed E-state index contributed by atoms with van der Waals surface area (Å²) >= 11 is 7.97. The number of ether oxygens (including phenoxy) is 2. The van der Waals surface area contributed by atoms with Gasteiger partial charge < -0.3 is 9.47 Å². The lowest BCUT2D eigenvalue weighted by Crippen LogP contribution is -2.31. The Hall–Kier alpha value is -1.07. The fourth-order valence-corrected chi connectivity index (χ4v) is 3.94. The summed E-state index contributed by atoms with van der Waals surface area (Å²) in [5, 5.41) is 2.87. The number of hydrogen-bond acceptors (Lipinski definition) is 4. The van der Waals surface area contributed by atoms with Crippen LogP contribution >= 0.6 is 22.9 Å². The molecule has 0 aliphatic carbocycles. The molecule has 1 aromatic carbocycles. The van der Waals surface area contributed by atoms with Gasteiger partial charge in [0.15, 0.2) is 0 Å². The highest BCUT2D eigenvalue weighted by atomic mass is 35.5. The second kappa shape index (κ2) is 8.15. The lowest BCUT2D eigenvalue weighted by atomic mass is 10.1. The van der Waals surface area contributed by atoms with Gasteiger partial charge in [-0.1, -0.05) is 17.7 Å². The van der Waals surface area contributed by atoms with Crippen molar-refractivity contribution in [3.63, 3.8) is 0 Å². The number of nitrogens with zero attached hydrogens (tertiary/aromatic N) is 1. The van der Waals surface area contributed by atoms with Crippen LogP contribution in [0.4, 0.5) is 0 Å². The molecule has 2 heterocycles. The summed E-state index contributed by atoms with van der Waals surface area (Å²) in [5.41, 5.74) is 1.12. The minimum atomic E-state index is 0.333. The van der Waals surface area contributed by atoms with Gasteiger partial charge in [-0.25, -0.2) is 0 Å². The SMILES string of the molecule is COc1ccc(Cl)cc1CN(Cc1cccs1)CC1CCCO1. The average molecular weight is 352 g/mol. The number of halogens is 1. The van der Waals surface area contributed by atoms with Crippen molar-refractivity contribution in [1.82, 2.24) is 4.90 Å². The van der Waals surface area contributed by atoms with Crippen LogP contribution in [0.2, 0.25) is 5.02 Å². The molecule has 5 heteroatoms. The topological polar surface area (TPSA) is 21.7 Å². The highest BCUT2D eigenvalue weighted by Gasteiger charge is 2.20. The van der Waals surface area contributed by atoms with Gasteiger partial charge in [0.25, 0.3) is 0 Å². The molecule has 1 aromatic heterocycles. The Morgan fingerprint density at radius 3 is 2.96 bits per heavy atom. The zero-order valence-electron chi connectivity index (χ0n) is 13.3. The van der Waals surface area contributed by atoms with Gasteiger partial charge >= 0.3 is 0 Å². The number of thiophene rings is 1. The van der Waals surface area contributed by atoms with Crippen LogP contribution in [0.5, 0.6) is 5.75 Å². The predicted octanol–water partition coefficient (Wildman–Crippen LogP) is 4.59. The largest absolute Gasteiger partial charge is 0.496 e. The van der Waals surface area contributed by atoms with Crippen molar-refractivity contribution in [2.24, 2.45) is 0 Å². The van der Waals surface area contributed by atoms with E-state index < -0.39 is 0 Å². The van der Waals surface area contributed by atoms with Gasteiger partial charge in [0.2, 0.25) is 0 Å². The lowest BCUT2D eigenvalue weighted by Gasteiger charge is -2.25. The maximum absolute atomic E-state index is 6.17. The van der Waals surface area contributed by atoms with Crippen molar-refractivity contribution in [3.05, 3.63) is 51.2 Å². The molecular formula is C18H22ClNO2S. The maximum atomic E-state index is 6.17. The summed E-state index contributed by atoms with van der Waals surface area (Å²) in [7, 11) is 1.70. The third kappa shape index (κ3) is 4.70.